The molecule has 0 rings (SSSR count). The van der Waals surface area contributed by atoms with Gasteiger partial charge in [-0.1, -0.05) is 155 Å². The van der Waals surface area contributed by atoms with Crippen LogP contribution in [0.4, 0.5) is 0 Å². The number of ether oxygens (including phenoxy) is 2. The van der Waals surface area contributed by atoms with Gasteiger partial charge in [-0.3, -0.25) is 14.1 Å². The van der Waals surface area contributed by atoms with Crippen LogP contribution in [0, 0.1) is 0 Å². The molecule has 0 aromatic carbocycles. The maximum Gasteiger partial charge on any atom is 0.469 e. The molecular formula is C33H65O8P. The zero-order chi connectivity index (χ0) is 31.2. The van der Waals surface area contributed by atoms with Crippen LogP contribution >= 0.6 is 7.82 Å². The summed E-state index contributed by atoms with van der Waals surface area (Å²) in [5.41, 5.74) is 0. The number of carbonyl (C=O) groups is 2. The van der Waals surface area contributed by atoms with E-state index < -0.39 is 32.5 Å². The van der Waals surface area contributed by atoms with Crippen LogP contribution in [0.2, 0.25) is 0 Å². The normalized spacial score (nSPS) is 12.4. The summed E-state index contributed by atoms with van der Waals surface area (Å²) in [4.78, 5) is 42.2. The lowest BCUT2D eigenvalue weighted by molar-refractivity contribution is -0.161. The molecule has 0 aliphatic rings. The summed E-state index contributed by atoms with van der Waals surface area (Å²) in [6.07, 6.45) is 28.8. The van der Waals surface area contributed by atoms with Gasteiger partial charge in [0.1, 0.15) is 6.61 Å². The van der Waals surface area contributed by atoms with Crippen LogP contribution in [0.5, 0.6) is 0 Å². The average molecular weight is 621 g/mol. The highest BCUT2D eigenvalue weighted by molar-refractivity contribution is 7.46. The van der Waals surface area contributed by atoms with Crippen molar-refractivity contribution in [2.45, 2.75) is 187 Å². The van der Waals surface area contributed by atoms with Gasteiger partial charge in [0.05, 0.1) is 6.61 Å². The summed E-state index contributed by atoms with van der Waals surface area (Å²) in [6.45, 7) is 3.58. The standard InChI is InChI=1S/C33H65O8P/c1-3-5-7-9-10-11-12-13-14-15-16-17-18-19-20-21-22-24-25-27-32(34)39-29-31(30-40-42(36,37)38)41-33(35)28-26-23-8-6-4-2/h31H,3-30H2,1-2H3,(H2,36,37,38)/t31-/m1/s1. The Morgan fingerprint density at radius 2 is 0.857 bits per heavy atom. The van der Waals surface area contributed by atoms with Gasteiger partial charge in [-0.15, -0.1) is 0 Å². The highest BCUT2D eigenvalue weighted by atomic mass is 31.2. The Bertz CT molecular complexity index is 666. The Kier molecular flexibility index (Phi) is 29.4. The lowest BCUT2D eigenvalue weighted by Crippen LogP contribution is -2.29. The van der Waals surface area contributed by atoms with Crippen molar-refractivity contribution in [3.8, 4) is 0 Å². The molecule has 0 amide bonds. The van der Waals surface area contributed by atoms with Crippen LogP contribution in [0.15, 0.2) is 0 Å². The fraction of sp³-hybridized carbons (Fsp3) is 0.939. The largest absolute Gasteiger partial charge is 0.469 e. The number of phosphoric ester groups is 1. The monoisotopic (exact) mass is 620 g/mol. The molecular weight excluding hydrogens is 555 g/mol. The molecule has 42 heavy (non-hydrogen) atoms. The van der Waals surface area contributed by atoms with Gasteiger partial charge in [0.2, 0.25) is 0 Å². The molecule has 0 heterocycles. The predicted molar refractivity (Wildman–Crippen MR) is 170 cm³/mol. The van der Waals surface area contributed by atoms with E-state index in [-0.39, 0.29) is 19.4 Å². The third-order valence-corrected chi connectivity index (χ3v) is 8.11. The zero-order valence-electron chi connectivity index (χ0n) is 27.2. The van der Waals surface area contributed by atoms with Gasteiger partial charge in [0.25, 0.3) is 0 Å². The molecule has 0 fully saturated rings. The van der Waals surface area contributed by atoms with Gasteiger partial charge in [0.15, 0.2) is 6.10 Å². The topological polar surface area (TPSA) is 119 Å². The number of unbranched alkanes of at least 4 members (excludes halogenated alkanes) is 22. The first-order chi connectivity index (χ1) is 20.3. The van der Waals surface area contributed by atoms with Crippen molar-refractivity contribution in [2.75, 3.05) is 13.2 Å². The van der Waals surface area contributed by atoms with Crippen LogP contribution in [0.1, 0.15) is 181 Å². The van der Waals surface area contributed by atoms with E-state index in [9.17, 15) is 14.2 Å². The number of rotatable bonds is 32. The summed E-state index contributed by atoms with van der Waals surface area (Å²) in [5, 5.41) is 0. The quantitative estimate of drug-likeness (QED) is 0.0433. The van der Waals surface area contributed by atoms with Gasteiger partial charge in [0, 0.05) is 12.8 Å². The van der Waals surface area contributed by atoms with Crippen LogP contribution in [0.3, 0.4) is 0 Å². The number of phosphoric acid groups is 1. The van der Waals surface area contributed by atoms with Crippen molar-refractivity contribution >= 4 is 19.8 Å². The summed E-state index contributed by atoms with van der Waals surface area (Å²) in [6, 6.07) is 0. The van der Waals surface area contributed by atoms with Gasteiger partial charge in [-0.25, -0.2) is 4.57 Å². The first-order valence-electron chi connectivity index (χ1n) is 17.3. The maximum atomic E-state index is 12.1. The van der Waals surface area contributed by atoms with Crippen LogP contribution in [-0.2, 0) is 28.2 Å². The van der Waals surface area contributed by atoms with Gasteiger partial charge >= 0.3 is 19.8 Å². The maximum absolute atomic E-state index is 12.1. The second-order valence-electron chi connectivity index (χ2n) is 11.9. The van der Waals surface area contributed by atoms with E-state index in [1.807, 2.05) is 0 Å². The highest BCUT2D eigenvalue weighted by Gasteiger charge is 2.22. The Hall–Kier alpha value is -0.950. The summed E-state index contributed by atoms with van der Waals surface area (Å²) in [5.74, 6) is -0.889. The molecule has 0 aliphatic heterocycles. The van der Waals surface area contributed by atoms with E-state index in [0.717, 1.165) is 44.9 Å². The second kappa shape index (κ2) is 30.1. The smallest absolute Gasteiger partial charge is 0.462 e. The summed E-state index contributed by atoms with van der Waals surface area (Å²) in [7, 11) is -4.73. The summed E-state index contributed by atoms with van der Waals surface area (Å²) >= 11 is 0. The molecule has 0 saturated heterocycles. The van der Waals surface area contributed by atoms with Gasteiger partial charge in [-0.05, 0) is 12.8 Å². The van der Waals surface area contributed by atoms with Crippen LogP contribution in [-0.4, -0.2) is 41.0 Å². The van der Waals surface area contributed by atoms with Crippen molar-refractivity contribution < 1.29 is 37.9 Å². The van der Waals surface area contributed by atoms with Crippen molar-refractivity contribution in [3.05, 3.63) is 0 Å². The third-order valence-electron chi connectivity index (χ3n) is 7.63. The first-order valence-corrected chi connectivity index (χ1v) is 18.9. The molecule has 8 nitrogen and oxygen atoms in total. The molecule has 0 spiro atoms. The second-order valence-corrected chi connectivity index (χ2v) is 13.1. The molecule has 0 bridgehead atoms. The predicted octanol–water partition coefficient (Wildman–Crippen LogP) is 9.73. The lowest BCUT2D eigenvalue weighted by Gasteiger charge is -2.18. The van der Waals surface area contributed by atoms with E-state index in [1.165, 1.54) is 103 Å². The molecule has 0 radical (unpaired) electrons. The number of esters is 2. The van der Waals surface area contributed by atoms with Crippen LogP contribution in [0.25, 0.3) is 0 Å². The molecule has 9 heteroatoms. The third kappa shape index (κ3) is 32.0. The summed E-state index contributed by atoms with van der Waals surface area (Å²) < 4.78 is 26.0. The molecule has 0 unspecified atom stereocenters. The van der Waals surface area contributed by atoms with Crippen molar-refractivity contribution in [3.63, 3.8) is 0 Å². The minimum Gasteiger partial charge on any atom is -0.462 e. The SMILES string of the molecule is CCCCCCCCCCCCCCCCCCCCCC(=O)OC[C@H](COP(=O)(O)O)OC(=O)CCCCCCC. The van der Waals surface area contributed by atoms with E-state index in [0.29, 0.717) is 6.42 Å². The molecule has 0 saturated carbocycles. The molecule has 2 N–H and O–H groups in total. The Morgan fingerprint density at radius 1 is 0.524 bits per heavy atom. The number of carbonyl (C=O) groups excluding carboxylic acids is 2. The van der Waals surface area contributed by atoms with Crippen molar-refractivity contribution in [1.29, 1.82) is 0 Å². The lowest BCUT2D eigenvalue weighted by atomic mass is 10.0. The molecule has 0 aromatic heterocycles. The number of hydrogen-bond donors (Lipinski definition) is 2. The fourth-order valence-electron chi connectivity index (χ4n) is 5.02. The molecule has 250 valence electrons. The van der Waals surface area contributed by atoms with E-state index in [4.69, 9.17) is 19.3 Å². The first kappa shape index (κ1) is 41.0. The number of hydrogen-bond acceptors (Lipinski definition) is 6. The van der Waals surface area contributed by atoms with E-state index in [2.05, 4.69) is 18.4 Å². The van der Waals surface area contributed by atoms with Crippen molar-refractivity contribution in [2.24, 2.45) is 0 Å². The van der Waals surface area contributed by atoms with Crippen molar-refractivity contribution in [1.82, 2.24) is 0 Å². The Morgan fingerprint density at radius 3 is 1.21 bits per heavy atom. The Labute approximate surface area is 257 Å². The molecule has 0 aromatic rings. The van der Waals surface area contributed by atoms with Gasteiger partial charge in [-0.2, -0.15) is 0 Å². The minimum absolute atomic E-state index is 0.212. The fourth-order valence-corrected chi connectivity index (χ4v) is 5.38. The highest BCUT2D eigenvalue weighted by Crippen LogP contribution is 2.36. The molecule has 0 aliphatic carbocycles. The van der Waals surface area contributed by atoms with Gasteiger partial charge < -0.3 is 19.3 Å². The zero-order valence-corrected chi connectivity index (χ0v) is 28.1. The minimum atomic E-state index is -4.73. The van der Waals surface area contributed by atoms with E-state index >= 15 is 0 Å². The van der Waals surface area contributed by atoms with Crippen LogP contribution < -0.4 is 0 Å². The average Bonchev–Trinajstić information content (AvgIpc) is 2.95. The Balaban J connectivity index is 3.75. The van der Waals surface area contributed by atoms with E-state index in [1.54, 1.807) is 0 Å². The molecule has 1 atom stereocenters.